The summed E-state index contributed by atoms with van der Waals surface area (Å²) in [6.45, 7) is 0. The van der Waals surface area contributed by atoms with Gasteiger partial charge < -0.3 is 4.55 Å². The summed E-state index contributed by atoms with van der Waals surface area (Å²) in [4.78, 5) is 0. The molecule has 0 aliphatic rings. The molecule has 0 bridgehead atoms. The van der Waals surface area contributed by atoms with Gasteiger partial charge in [-0.2, -0.15) is 0 Å². The standard InChI is InChI=1S/CHCl3O2S.Na.H/c2-1(3,4)7(5)6;;/h(H,5,6);;. The SMILES string of the molecule is O=S(O)C(Cl)(Cl)Cl.[NaH]. The number of hydrogen-bond donors (Lipinski definition) is 1. The van der Waals surface area contributed by atoms with Crippen molar-refractivity contribution >= 4 is 75.4 Å². The third kappa shape index (κ3) is 6.11. The number of hydrogen-bond acceptors (Lipinski definition) is 1. The Morgan fingerprint density at radius 3 is 1.50 bits per heavy atom. The maximum absolute atomic E-state index is 9.74. The van der Waals surface area contributed by atoms with E-state index < -0.39 is 14.2 Å². The van der Waals surface area contributed by atoms with Crippen LogP contribution in [0.2, 0.25) is 0 Å². The third-order valence-corrected chi connectivity index (χ3v) is 1.78. The van der Waals surface area contributed by atoms with Crippen molar-refractivity contribution in [3.8, 4) is 0 Å². The van der Waals surface area contributed by atoms with Gasteiger partial charge in [-0.15, -0.1) is 0 Å². The molecule has 0 rings (SSSR count). The van der Waals surface area contributed by atoms with E-state index in [0.717, 1.165) is 0 Å². The first-order chi connectivity index (χ1) is 2.94. The molecule has 0 aromatic carbocycles. The van der Waals surface area contributed by atoms with Gasteiger partial charge in [-0.25, -0.2) is 4.21 Å². The van der Waals surface area contributed by atoms with Crippen LogP contribution in [-0.4, -0.2) is 41.4 Å². The molecule has 0 fully saturated rings. The van der Waals surface area contributed by atoms with Crippen LogP contribution in [-0.2, 0) is 11.1 Å². The van der Waals surface area contributed by atoms with Crippen molar-refractivity contribution in [2.24, 2.45) is 0 Å². The molecule has 0 saturated heterocycles. The summed E-state index contributed by atoms with van der Waals surface area (Å²) >= 11 is 12.2. The molecule has 0 heterocycles. The molecular formula is CH2Cl3NaO2S. The van der Waals surface area contributed by atoms with Crippen LogP contribution in [0.25, 0.3) is 0 Å². The Labute approximate surface area is 86.4 Å². The Balaban J connectivity index is 0. The van der Waals surface area contributed by atoms with E-state index >= 15 is 0 Å². The van der Waals surface area contributed by atoms with Crippen molar-refractivity contribution in [3.63, 3.8) is 0 Å². The van der Waals surface area contributed by atoms with Crippen LogP contribution in [0.1, 0.15) is 0 Å². The van der Waals surface area contributed by atoms with Gasteiger partial charge in [0.25, 0.3) is 3.12 Å². The molecule has 0 spiro atoms. The predicted molar refractivity (Wildman–Crippen MR) is 38.2 cm³/mol. The molecule has 0 radical (unpaired) electrons. The van der Waals surface area contributed by atoms with Crippen LogP contribution in [0.3, 0.4) is 0 Å². The van der Waals surface area contributed by atoms with Crippen molar-refractivity contribution in [2.45, 2.75) is 3.12 Å². The fourth-order valence-corrected chi connectivity index (χ4v) is 0. The van der Waals surface area contributed by atoms with Crippen LogP contribution < -0.4 is 0 Å². The number of halogens is 3. The van der Waals surface area contributed by atoms with Gasteiger partial charge in [0.05, 0.1) is 0 Å². The average Bonchev–Trinajstić information content (AvgIpc) is 1.31. The van der Waals surface area contributed by atoms with E-state index in [0.29, 0.717) is 0 Å². The van der Waals surface area contributed by atoms with E-state index in [9.17, 15) is 4.21 Å². The monoisotopic (exact) mass is 206 g/mol. The zero-order valence-electron chi connectivity index (χ0n) is 2.90. The molecule has 0 aliphatic carbocycles. The van der Waals surface area contributed by atoms with Crippen molar-refractivity contribution < 1.29 is 8.76 Å². The van der Waals surface area contributed by atoms with E-state index in [1.54, 1.807) is 0 Å². The second-order valence-corrected chi connectivity index (χ2v) is 4.76. The molecule has 46 valence electrons. The first-order valence-electron chi connectivity index (χ1n) is 1.12. The Bertz CT molecular complexity index is 89.8. The van der Waals surface area contributed by atoms with Gasteiger partial charge in [0, 0.05) is 0 Å². The maximum atomic E-state index is 9.74. The zero-order chi connectivity index (χ0) is 6.08. The second-order valence-electron chi connectivity index (χ2n) is 0.695. The van der Waals surface area contributed by atoms with E-state index in [2.05, 4.69) is 0 Å². The van der Waals surface area contributed by atoms with Gasteiger partial charge in [-0.3, -0.25) is 0 Å². The molecule has 1 atom stereocenters. The number of alkyl halides is 3. The van der Waals surface area contributed by atoms with Crippen LogP contribution in [0.15, 0.2) is 0 Å². The second kappa shape index (κ2) is 4.74. The van der Waals surface area contributed by atoms with Gasteiger partial charge in [0.2, 0.25) is 11.1 Å². The summed E-state index contributed by atoms with van der Waals surface area (Å²) in [6, 6.07) is 0. The summed E-state index contributed by atoms with van der Waals surface area (Å²) in [5, 5.41) is 0. The molecule has 1 N–H and O–H groups in total. The summed E-state index contributed by atoms with van der Waals surface area (Å²) in [5.74, 6) is 0. The summed E-state index contributed by atoms with van der Waals surface area (Å²) in [7, 11) is 0. The van der Waals surface area contributed by atoms with E-state index in [4.69, 9.17) is 39.4 Å². The molecule has 0 saturated carbocycles. The molecule has 8 heavy (non-hydrogen) atoms. The molecule has 2 nitrogen and oxygen atoms in total. The fraction of sp³-hybridized carbons (Fsp3) is 1.00. The molecule has 0 aliphatic heterocycles. The minimum atomic E-state index is -2.39. The summed E-state index contributed by atoms with van der Waals surface area (Å²) in [5.41, 5.74) is 0. The average molecular weight is 207 g/mol. The van der Waals surface area contributed by atoms with Crippen molar-refractivity contribution in [1.82, 2.24) is 0 Å². The van der Waals surface area contributed by atoms with Crippen molar-refractivity contribution in [2.75, 3.05) is 0 Å². The molecule has 0 amide bonds. The van der Waals surface area contributed by atoms with Crippen molar-refractivity contribution in [3.05, 3.63) is 0 Å². The molecular weight excluding hydrogens is 205 g/mol. The molecule has 0 aromatic heterocycles. The first kappa shape index (κ1) is 12.6. The Kier molecular flexibility index (Phi) is 7.49. The van der Waals surface area contributed by atoms with Gasteiger partial charge >= 0.3 is 29.6 Å². The van der Waals surface area contributed by atoms with Crippen LogP contribution in [0, 0.1) is 0 Å². The zero-order valence-corrected chi connectivity index (χ0v) is 5.98. The molecule has 7 heteroatoms. The Morgan fingerprint density at radius 1 is 1.38 bits per heavy atom. The van der Waals surface area contributed by atoms with Crippen LogP contribution in [0.4, 0.5) is 0 Å². The molecule has 1 unspecified atom stereocenters. The topological polar surface area (TPSA) is 37.3 Å². The normalized spacial score (nSPS) is 14.5. The van der Waals surface area contributed by atoms with Crippen molar-refractivity contribution in [1.29, 1.82) is 0 Å². The first-order valence-corrected chi connectivity index (χ1v) is 3.36. The number of rotatable bonds is 0. The van der Waals surface area contributed by atoms with Gasteiger partial charge in [-0.05, 0) is 0 Å². The van der Waals surface area contributed by atoms with Crippen LogP contribution >= 0.6 is 34.8 Å². The summed E-state index contributed by atoms with van der Waals surface area (Å²) in [6.07, 6.45) is 0. The quantitative estimate of drug-likeness (QED) is 0.364. The van der Waals surface area contributed by atoms with Gasteiger partial charge in [0.1, 0.15) is 0 Å². The predicted octanol–water partition coefficient (Wildman–Crippen LogP) is 0.887. The minimum absolute atomic E-state index is 0. The Morgan fingerprint density at radius 2 is 1.50 bits per heavy atom. The third-order valence-electron chi connectivity index (χ3n) is 0.198. The van der Waals surface area contributed by atoms with Gasteiger partial charge in [-0.1, -0.05) is 34.8 Å². The van der Waals surface area contributed by atoms with E-state index in [1.807, 2.05) is 0 Å². The summed E-state index contributed by atoms with van der Waals surface area (Å²) < 4.78 is 15.6. The Hall–Kier alpha value is 1.98. The fourth-order valence-electron chi connectivity index (χ4n) is 0. The van der Waals surface area contributed by atoms with E-state index in [-0.39, 0.29) is 29.6 Å². The van der Waals surface area contributed by atoms with Crippen LogP contribution in [0.5, 0.6) is 0 Å². The van der Waals surface area contributed by atoms with E-state index in [1.165, 1.54) is 0 Å². The van der Waals surface area contributed by atoms with Gasteiger partial charge in [0.15, 0.2) is 0 Å². The molecule has 0 aromatic rings.